The quantitative estimate of drug-likeness (QED) is 0.742. The first-order valence-electron chi connectivity index (χ1n) is 6.69. The Kier molecular flexibility index (Phi) is 4.21. The van der Waals surface area contributed by atoms with Crippen molar-refractivity contribution in [2.24, 2.45) is 0 Å². The van der Waals surface area contributed by atoms with Gasteiger partial charge in [-0.05, 0) is 18.8 Å². The molecule has 1 saturated carbocycles. The summed E-state index contributed by atoms with van der Waals surface area (Å²) in [7, 11) is 1.85. The molecule has 1 heterocycles. The highest BCUT2D eigenvalue weighted by Gasteiger charge is 2.35. The number of aromatic nitrogens is 1. The van der Waals surface area contributed by atoms with Crippen LogP contribution in [0.5, 0.6) is 0 Å². The summed E-state index contributed by atoms with van der Waals surface area (Å²) >= 11 is 1.78. The van der Waals surface area contributed by atoms with Gasteiger partial charge >= 0.3 is 0 Å². The molecule has 2 rings (SSSR count). The van der Waals surface area contributed by atoms with Crippen molar-refractivity contribution in [1.29, 1.82) is 0 Å². The summed E-state index contributed by atoms with van der Waals surface area (Å²) in [4.78, 5) is 4.81. The Bertz CT molecular complexity index is 351. The van der Waals surface area contributed by atoms with Gasteiger partial charge in [0.1, 0.15) is 10.6 Å². The number of rotatable bonds is 3. The van der Waals surface area contributed by atoms with Crippen LogP contribution in [0.15, 0.2) is 5.38 Å². The zero-order valence-electron chi connectivity index (χ0n) is 11.2. The molecule has 96 valence electrons. The minimum atomic E-state index is -0.0890. The Morgan fingerprint density at radius 3 is 2.35 bits per heavy atom. The van der Waals surface area contributed by atoms with E-state index < -0.39 is 0 Å². The highest BCUT2D eigenvalue weighted by Crippen LogP contribution is 2.40. The van der Waals surface area contributed by atoms with Crippen molar-refractivity contribution in [2.45, 2.75) is 63.9 Å². The molecule has 0 unspecified atom stereocenters. The minimum absolute atomic E-state index is 0.0890. The van der Waals surface area contributed by atoms with Gasteiger partial charge in [0.05, 0.1) is 5.69 Å². The summed E-state index contributed by atoms with van der Waals surface area (Å²) in [6, 6.07) is 0. The molecule has 3 heteroatoms. The molecule has 0 radical (unpaired) electrons. The van der Waals surface area contributed by atoms with Gasteiger partial charge in [-0.3, -0.25) is 0 Å². The fourth-order valence-electron chi connectivity index (χ4n) is 2.57. The van der Waals surface area contributed by atoms with Gasteiger partial charge in [-0.2, -0.15) is 0 Å². The average Bonchev–Trinajstić information content (AvgIpc) is 2.70. The van der Waals surface area contributed by atoms with E-state index in [9.17, 15) is 0 Å². The van der Waals surface area contributed by atoms with E-state index >= 15 is 0 Å². The second-order valence-corrected chi connectivity index (χ2v) is 6.20. The van der Waals surface area contributed by atoms with E-state index in [-0.39, 0.29) is 5.60 Å². The lowest BCUT2D eigenvalue weighted by Crippen LogP contribution is -2.27. The number of methoxy groups -OCH3 is 1. The lowest BCUT2D eigenvalue weighted by molar-refractivity contribution is -0.0280. The molecule has 0 aliphatic heterocycles. The molecular formula is C14H23NOS. The van der Waals surface area contributed by atoms with E-state index in [2.05, 4.69) is 19.2 Å². The molecule has 0 bridgehead atoms. The van der Waals surface area contributed by atoms with E-state index in [1.165, 1.54) is 36.4 Å². The van der Waals surface area contributed by atoms with Crippen molar-refractivity contribution in [1.82, 2.24) is 4.98 Å². The smallest absolute Gasteiger partial charge is 0.125 e. The Morgan fingerprint density at radius 1 is 1.24 bits per heavy atom. The minimum Gasteiger partial charge on any atom is -0.371 e. The SMILES string of the molecule is COC1(c2nc(C(C)C)cs2)CCCCCC1. The van der Waals surface area contributed by atoms with Gasteiger partial charge in [-0.15, -0.1) is 11.3 Å². The average molecular weight is 253 g/mol. The van der Waals surface area contributed by atoms with Crippen LogP contribution in [0.2, 0.25) is 0 Å². The molecule has 1 aliphatic rings. The molecule has 1 fully saturated rings. The first-order chi connectivity index (χ1) is 8.18. The molecule has 1 aromatic heterocycles. The summed E-state index contributed by atoms with van der Waals surface area (Å²) in [5, 5.41) is 3.40. The van der Waals surface area contributed by atoms with Gasteiger partial charge in [0.25, 0.3) is 0 Å². The van der Waals surface area contributed by atoms with Gasteiger partial charge in [0.2, 0.25) is 0 Å². The van der Waals surface area contributed by atoms with E-state index in [1.54, 1.807) is 11.3 Å². The maximum Gasteiger partial charge on any atom is 0.125 e. The maximum absolute atomic E-state index is 5.89. The zero-order chi connectivity index (χ0) is 12.3. The van der Waals surface area contributed by atoms with Gasteiger partial charge in [0.15, 0.2) is 0 Å². The Morgan fingerprint density at radius 2 is 1.88 bits per heavy atom. The molecule has 0 amide bonds. The lowest BCUT2D eigenvalue weighted by atomic mass is 9.95. The van der Waals surface area contributed by atoms with Crippen LogP contribution < -0.4 is 0 Å². The standard InChI is InChI=1S/C14H23NOS/c1-11(2)12-10-17-13(15-12)14(16-3)8-6-4-5-7-9-14/h10-11H,4-9H2,1-3H3. The third-order valence-electron chi connectivity index (χ3n) is 3.81. The van der Waals surface area contributed by atoms with E-state index in [1.807, 2.05) is 7.11 Å². The Hall–Kier alpha value is -0.410. The highest BCUT2D eigenvalue weighted by atomic mass is 32.1. The summed E-state index contributed by atoms with van der Waals surface area (Å²) in [6.07, 6.45) is 7.49. The largest absolute Gasteiger partial charge is 0.371 e. The summed E-state index contributed by atoms with van der Waals surface area (Å²) in [6.45, 7) is 4.40. The van der Waals surface area contributed by atoms with Crippen LogP contribution in [0.3, 0.4) is 0 Å². The van der Waals surface area contributed by atoms with Gasteiger partial charge in [0, 0.05) is 12.5 Å². The maximum atomic E-state index is 5.89. The lowest BCUT2D eigenvalue weighted by Gasteiger charge is -2.29. The highest BCUT2D eigenvalue weighted by molar-refractivity contribution is 7.09. The molecule has 0 atom stereocenters. The summed E-state index contributed by atoms with van der Waals surface area (Å²) in [5.74, 6) is 0.514. The molecule has 1 aromatic rings. The predicted molar refractivity (Wildman–Crippen MR) is 72.6 cm³/mol. The van der Waals surface area contributed by atoms with Crippen molar-refractivity contribution < 1.29 is 4.74 Å². The molecule has 1 aliphatic carbocycles. The third kappa shape index (κ3) is 2.71. The van der Waals surface area contributed by atoms with Crippen LogP contribution in [0.1, 0.15) is 69.0 Å². The van der Waals surface area contributed by atoms with Crippen LogP contribution >= 0.6 is 11.3 Å². The van der Waals surface area contributed by atoms with E-state index in [4.69, 9.17) is 9.72 Å². The second kappa shape index (κ2) is 5.49. The number of ether oxygens (including phenoxy) is 1. The summed E-state index contributed by atoms with van der Waals surface area (Å²) < 4.78 is 5.89. The van der Waals surface area contributed by atoms with Gasteiger partial charge < -0.3 is 4.74 Å². The van der Waals surface area contributed by atoms with Crippen LogP contribution in [0.4, 0.5) is 0 Å². The molecule has 0 aromatic carbocycles. The number of thiazole rings is 1. The normalized spacial score (nSPS) is 20.5. The predicted octanol–water partition coefficient (Wildman–Crippen LogP) is 4.46. The first kappa shape index (κ1) is 13.0. The molecule has 2 nitrogen and oxygen atoms in total. The monoisotopic (exact) mass is 253 g/mol. The fraction of sp³-hybridized carbons (Fsp3) is 0.786. The Balaban J connectivity index is 2.25. The number of hydrogen-bond donors (Lipinski definition) is 0. The summed E-state index contributed by atoms with van der Waals surface area (Å²) in [5.41, 5.74) is 1.12. The Labute approximate surface area is 108 Å². The van der Waals surface area contributed by atoms with Crippen LogP contribution in [0.25, 0.3) is 0 Å². The number of hydrogen-bond acceptors (Lipinski definition) is 3. The fourth-order valence-corrected chi connectivity index (χ4v) is 3.78. The van der Waals surface area contributed by atoms with Crippen molar-refractivity contribution in [2.75, 3.05) is 7.11 Å². The van der Waals surface area contributed by atoms with Crippen molar-refractivity contribution in [3.05, 3.63) is 16.1 Å². The molecule has 0 saturated heterocycles. The van der Waals surface area contributed by atoms with E-state index in [0.29, 0.717) is 5.92 Å². The molecular weight excluding hydrogens is 230 g/mol. The molecule has 0 N–H and O–H groups in total. The van der Waals surface area contributed by atoms with E-state index in [0.717, 1.165) is 12.8 Å². The van der Waals surface area contributed by atoms with Crippen molar-refractivity contribution in [3.8, 4) is 0 Å². The van der Waals surface area contributed by atoms with Gasteiger partial charge in [-0.25, -0.2) is 4.98 Å². The molecule has 0 spiro atoms. The third-order valence-corrected chi connectivity index (χ3v) is 4.85. The zero-order valence-corrected chi connectivity index (χ0v) is 12.0. The first-order valence-corrected chi connectivity index (χ1v) is 7.57. The van der Waals surface area contributed by atoms with Gasteiger partial charge in [-0.1, -0.05) is 39.5 Å². The number of nitrogens with zero attached hydrogens (tertiary/aromatic N) is 1. The van der Waals surface area contributed by atoms with Crippen LogP contribution in [-0.4, -0.2) is 12.1 Å². The topological polar surface area (TPSA) is 22.1 Å². The second-order valence-electron chi connectivity index (χ2n) is 5.34. The van der Waals surface area contributed by atoms with Crippen LogP contribution in [0, 0.1) is 0 Å². The van der Waals surface area contributed by atoms with Crippen molar-refractivity contribution >= 4 is 11.3 Å². The van der Waals surface area contributed by atoms with Crippen molar-refractivity contribution in [3.63, 3.8) is 0 Å². The van der Waals surface area contributed by atoms with Crippen LogP contribution in [-0.2, 0) is 10.3 Å². The molecule has 17 heavy (non-hydrogen) atoms.